The second-order valence-corrected chi connectivity index (χ2v) is 9.72. The van der Waals surface area contributed by atoms with Gasteiger partial charge in [0.05, 0.1) is 16.3 Å². The third kappa shape index (κ3) is 4.63. The van der Waals surface area contributed by atoms with Gasteiger partial charge in [-0.15, -0.1) is 11.8 Å². The van der Waals surface area contributed by atoms with Gasteiger partial charge in [0.2, 0.25) is 5.91 Å². The van der Waals surface area contributed by atoms with E-state index >= 15 is 0 Å². The van der Waals surface area contributed by atoms with Crippen molar-refractivity contribution in [1.29, 1.82) is 0 Å². The number of hydrogen-bond acceptors (Lipinski definition) is 5. The fourth-order valence-electron chi connectivity index (χ4n) is 4.49. The number of fused-ring (bicyclic) bond motifs is 1. The van der Waals surface area contributed by atoms with E-state index < -0.39 is 0 Å². The summed E-state index contributed by atoms with van der Waals surface area (Å²) in [6, 6.07) is 19.3. The minimum absolute atomic E-state index is 0.00571. The van der Waals surface area contributed by atoms with Crippen molar-refractivity contribution in [3.05, 3.63) is 83.0 Å². The summed E-state index contributed by atoms with van der Waals surface area (Å²) in [6.45, 7) is 3.24. The molecule has 0 aliphatic carbocycles. The second kappa shape index (κ2) is 10.1. The maximum atomic E-state index is 13.4. The van der Waals surface area contributed by atoms with Crippen molar-refractivity contribution in [2.75, 3.05) is 48.3 Å². The smallest absolute Gasteiger partial charge is 0.255 e. The molecule has 0 atom stereocenters. The van der Waals surface area contributed by atoms with E-state index in [1.165, 1.54) is 17.3 Å². The Bertz CT molecular complexity index is 1210. The number of rotatable bonds is 5. The van der Waals surface area contributed by atoms with Gasteiger partial charge in [0.1, 0.15) is 5.82 Å². The average Bonchev–Trinajstić information content (AvgIpc) is 3.32. The number of para-hydroxylation sites is 1. The molecule has 3 aromatic rings. The molecule has 174 valence electrons. The fraction of sp³-hybridized carbons (Fsp3) is 0.269. The Labute approximate surface area is 208 Å². The van der Waals surface area contributed by atoms with Crippen LogP contribution in [-0.4, -0.2) is 60.2 Å². The first-order chi connectivity index (χ1) is 16.6. The van der Waals surface area contributed by atoms with Crippen LogP contribution in [0.4, 0.5) is 11.5 Å². The summed E-state index contributed by atoms with van der Waals surface area (Å²) in [6.07, 6.45) is 2.62. The summed E-state index contributed by atoms with van der Waals surface area (Å²) in [5, 5.41) is 0.620. The van der Waals surface area contributed by atoms with Crippen LogP contribution in [0.2, 0.25) is 5.02 Å². The van der Waals surface area contributed by atoms with Gasteiger partial charge in [-0.05, 0) is 42.3 Å². The van der Waals surface area contributed by atoms with E-state index in [9.17, 15) is 9.59 Å². The van der Waals surface area contributed by atoms with E-state index in [0.29, 0.717) is 49.1 Å². The molecule has 0 unspecified atom stereocenters. The lowest BCUT2D eigenvalue weighted by Gasteiger charge is -2.36. The molecular weight excluding hydrogens is 468 g/mol. The van der Waals surface area contributed by atoms with Gasteiger partial charge in [0, 0.05) is 49.5 Å². The highest BCUT2D eigenvalue weighted by atomic mass is 35.5. The van der Waals surface area contributed by atoms with Crippen molar-refractivity contribution in [1.82, 2.24) is 9.88 Å². The number of pyridine rings is 1. The van der Waals surface area contributed by atoms with E-state index in [0.717, 1.165) is 22.8 Å². The molecule has 5 rings (SSSR count). The molecule has 2 aliphatic rings. The number of anilines is 2. The molecule has 1 aromatic heterocycles. The molecule has 0 spiro atoms. The monoisotopic (exact) mass is 492 g/mol. The van der Waals surface area contributed by atoms with Crippen LogP contribution in [0.25, 0.3) is 0 Å². The summed E-state index contributed by atoms with van der Waals surface area (Å²) in [5.41, 5.74) is 2.86. The normalized spacial score (nSPS) is 15.4. The quantitative estimate of drug-likeness (QED) is 0.495. The second-order valence-electron chi connectivity index (χ2n) is 8.30. The van der Waals surface area contributed by atoms with Crippen LogP contribution in [0.15, 0.2) is 71.8 Å². The van der Waals surface area contributed by atoms with Crippen LogP contribution in [0.3, 0.4) is 0 Å². The highest BCUT2D eigenvalue weighted by Gasteiger charge is 2.27. The van der Waals surface area contributed by atoms with Gasteiger partial charge in [-0.2, -0.15) is 0 Å². The molecule has 3 heterocycles. The Morgan fingerprint density at radius 2 is 1.68 bits per heavy atom. The van der Waals surface area contributed by atoms with Crippen molar-refractivity contribution in [2.45, 2.75) is 11.3 Å². The van der Waals surface area contributed by atoms with Gasteiger partial charge in [0.15, 0.2) is 0 Å². The van der Waals surface area contributed by atoms with E-state index in [1.54, 1.807) is 6.20 Å². The standard InChI is InChI=1S/C26H25ClN4O2S/c27-21-8-5-12-28-25(21)29-14-16-30(17-15-29)26(33)20-7-2-4-10-23(20)34-18-24(32)31-13-11-19-6-1-3-9-22(19)31/h1-10,12H,11,13-18H2. The highest BCUT2D eigenvalue weighted by Crippen LogP contribution is 2.30. The minimum atomic E-state index is -0.00571. The first-order valence-corrected chi connectivity index (χ1v) is 12.7. The molecule has 8 heteroatoms. The lowest BCUT2D eigenvalue weighted by atomic mass is 10.2. The van der Waals surface area contributed by atoms with E-state index in [1.807, 2.05) is 64.4 Å². The summed E-state index contributed by atoms with van der Waals surface area (Å²) in [5.74, 6) is 1.12. The van der Waals surface area contributed by atoms with E-state index in [4.69, 9.17) is 11.6 Å². The molecule has 0 bridgehead atoms. The third-order valence-corrected chi connectivity index (χ3v) is 7.62. The Morgan fingerprint density at radius 1 is 0.912 bits per heavy atom. The van der Waals surface area contributed by atoms with Gasteiger partial charge >= 0.3 is 0 Å². The largest absolute Gasteiger partial charge is 0.352 e. The number of amides is 2. The van der Waals surface area contributed by atoms with Crippen LogP contribution < -0.4 is 9.80 Å². The summed E-state index contributed by atoms with van der Waals surface area (Å²) in [7, 11) is 0. The lowest BCUT2D eigenvalue weighted by molar-refractivity contribution is -0.116. The molecule has 2 aliphatic heterocycles. The van der Waals surface area contributed by atoms with Crippen molar-refractivity contribution in [2.24, 2.45) is 0 Å². The number of halogens is 1. The number of benzene rings is 2. The average molecular weight is 493 g/mol. The Kier molecular flexibility index (Phi) is 6.74. The van der Waals surface area contributed by atoms with Gasteiger partial charge in [0.25, 0.3) is 5.91 Å². The molecular formula is C26H25ClN4O2S. The molecule has 2 aromatic carbocycles. The Morgan fingerprint density at radius 3 is 2.50 bits per heavy atom. The first kappa shape index (κ1) is 22.7. The number of carbonyl (C=O) groups excluding carboxylic acids is 2. The predicted molar refractivity (Wildman–Crippen MR) is 137 cm³/mol. The topological polar surface area (TPSA) is 56.8 Å². The van der Waals surface area contributed by atoms with Crippen LogP contribution in [0, 0.1) is 0 Å². The van der Waals surface area contributed by atoms with Gasteiger partial charge in [-0.1, -0.05) is 41.9 Å². The summed E-state index contributed by atoms with van der Waals surface area (Å²) < 4.78 is 0. The van der Waals surface area contributed by atoms with Crippen LogP contribution in [0.1, 0.15) is 15.9 Å². The molecule has 34 heavy (non-hydrogen) atoms. The molecule has 0 radical (unpaired) electrons. The maximum Gasteiger partial charge on any atom is 0.255 e. The number of hydrogen-bond donors (Lipinski definition) is 0. The van der Waals surface area contributed by atoms with Crippen LogP contribution in [-0.2, 0) is 11.2 Å². The van der Waals surface area contributed by atoms with Gasteiger partial charge < -0.3 is 14.7 Å². The van der Waals surface area contributed by atoms with Gasteiger partial charge in [-0.3, -0.25) is 9.59 Å². The molecule has 1 fully saturated rings. The molecule has 2 amide bonds. The zero-order valence-corrected chi connectivity index (χ0v) is 20.3. The van der Waals surface area contributed by atoms with Crippen molar-refractivity contribution in [3.63, 3.8) is 0 Å². The molecule has 0 N–H and O–H groups in total. The zero-order valence-electron chi connectivity index (χ0n) is 18.7. The lowest BCUT2D eigenvalue weighted by Crippen LogP contribution is -2.49. The van der Waals surface area contributed by atoms with E-state index in [-0.39, 0.29) is 11.8 Å². The number of carbonyl (C=O) groups is 2. The van der Waals surface area contributed by atoms with Gasteiger partial charge in [-0.25, -0.2) is 4.98 Å². The minimum Gasteiger partial charge on any atom is -0.352 e. The van der Waals surface area contributed by atoms with Crippen molar-refractivity contribution >= 4 is 46.7 Å². The number of thioether (sulfide) groups is 1. The van der Waals surface area contributed by atoms with Crippen LogP contribution in [0.5, 0.6) is 0 Å². The highest BCUT2D eigenvalue weighted by molar-refractivity contribution is 8.00. The predicted octanol–water partition coefficient (Wildman–Crippen LogP) is 4.38. The molecule has 0 saturated carbocycles. The van der Waals surface area contributed by atoms with Crippen molar-refractivity contribution in [3.8, 4) is 0 Å². The Balaban J connectivity index is 1.22. The van der Waals surface area contributed by atoms with E-state index in [2.05, 4.69) is 16.0 Å². The zero-order chi connectivity index (χ0) is 23.5. The van der Waals surface area contributed by atoms with Crippen molar-refractivity contribution < 1.29 is 9.59 Å². The number of aromatic nitrogens is 1. The fourth-order valence-corrected chi connectivity index (χ4v) is 5.65. The summed E-state index contributed by atoms with van der Waals surface area (Å²) in [4.78, 5) is 37.4. The number of piperazine rings is 1. The molecule has 6 nitrogen and oxygen atoms in total. The Hall–Kier alpha value is -3.03. The molecule has 1 saturated heterocycles. The summed E-state index contributed by atoms with van der Waals surface area (Å²) >= 11 is 7.72. The third-order valence-electron chi connectivity index (χ3n) is 6.26. The first-order valence-electron chi connectivity index (χ1n) is 11.4. The number of nitrogens with zero attached hydrogens (tertiary/aromatic N) is 4. The SMILES string of the molecule is O=C(c1ccccc1SCC(=O)N1CCc2ccccc21)N1CCN(c2ncccc2Cl)CC1. The van der Waals surface area contributed by atoms with Crippen LogP contribution >= 0.6 is 23.4 Å². The maximum absolute atomic E-state index is 13.4.